The fraction of sp³-hybridized carbons (Fsp3) is 0.556. The summed E-state index contributed by atoms with van der Waals surface area (Å²) in [4.78, 5) is 0. The van der Waals surface area contributed by atoms with Gasteiger partial charge in [-0.2, -0.15) is 0 Å². The maximum absolute atomic E-state index is 4.14. The second-order valence-electron chi connectivity index (χ2n) is 7.32. The van der Waals surface area contributed by atoms with E-state index in [1.54, 1.807) is 11.1 Å². The maximum atomic E-state index is 4.14. The lowest BCUT2D eigenvalue weighted by Gasteiger charge is -2.47. The molecule has 1 N–H and O–H groups in total. The first-order chi connectivity index (χ1) is 9.28. The highest BCUT2D eigenvalue weighted by atomic mass is 15.2. The molecule has 0 aromatic rings. The Morgan fingerprint density at radius 3 is 2.42 bits per heavy atom. The summed E-state index contributed by atoms with van der Waals surface area (Å²) in [6.07, 6.45) is 23.2. The average molecular weight is 251 g/mol. The van der Waals surface area contributed by atoms with Crippen molar-refractivity contribution in [1.82, 2.24) is 5.32 Å². The monoisotopic (exact) mass is 251 g/mol. The first-order valence-electron chi connectivity index (χ1n) is 7.82. The normalized spacial score (nSPS) is 49.7. The predicted octanol–water partition coefficient (Wildman–Crippen LogP) is 3.80. The molecule has 1 spiro atoms. The highest BCUT2D eigenvalue weighted by Gasteiger charge is 2.77. The third-order valence-corrected chi connectivity index (χ3v) is 6.47. The Hall–Kier alpha value is -1.08. The number of nitrogens with one attached hydrogen (secondary N) is 1. The van der Waals surface area contributed by atoms with Gasteiger partial charge in [-0.05, 0) is 56.1 Å². The molecule has 98 valence electrons. The standard InChI is InChI=1S/C18H21N/c1-2-4-7-15-14(6-3-1)12-16(8-5-9-16)19-18-11-10-17(15,18)13-18/h1-4,6-7,19H,5,8-13H2/b2-1?,3-1?,4-2?,6-3?,7-4?,14-6-,15-7+. The quantitative estimate of drug-likeness (QED) is 0.690. The highest BCUT2D eigenvalue weighted by Crippen LogP contribution is 2.77. The SMILES string of the molecule is C1=C/C=C2/CC3(CCC3)NC34CCC3(C4)/C2=C/C=C1. The maximum Gasteiger partial charge on any atom is 0.0293 e. The van der Waals surface area contributed by atoms with E-state index in [4.69, 9.17) is 0 Å². The van der Waals surface area contributed by atoms with Crippen LogP contribution in [0.5, 0.6) is 0 Å². The molecule has 3 saturated carbocycles. The third-order valence-electron chi connectivity index (χ3n) is 6.47. The van der Waals surface area contributed by atoms with Crippen molar-refractivity contribution >= 4 is 0 Å². The first kappa shape index (κ1) is 10.7. The van der Waals surface area contributed by atoms with E-state index in [2.05, 4.69) is 41.8 Å². The van der Waals surface area contributed by atoms with Gasteiger partial charge in [0.2, 0.25) is 0 Å². The van der Waals surface area contributed by atoms with Crippen LogP contribution in [0, 0.1) is 5.41 Å². The van der Waals surface area contributed by atoms with Crippen molar-refractivity contribution in [2.45, 2.75) is 56.0 Å². The van der Waals surface area contributed by atoms with Crippen molar-refractivity contribution in [3.63, 3.8) is 0 Å². The van der Waals surface area contributed by atoms with Crippen LogP contribution in [-0.4, -0.2) is 11.1 Å². The van der Waals surface area contributed by atoms with E-state index in [0.29, 0.717) is 16.5 Å². The summed E-state index contributed by atoms with van der Waals surface area (Å²) in [5.41, 5.74) is 4.72. The summed E-state index contributed by atoms with van der Waals surface area (Å²) in [6, 6.07) is 0. The van der Waals surface area contributed by atoms with Gasteiger partial charge in [0.25, 0.3) is 0 Å². The molecule has 1 heterocycles. The van der Waals surface area contributed by atoms with Crippen LogP contribution in [0.1, 0.15) is 44.9 Å². The fourth-order valence-electron chi connectivity index (χ4n) is 5.18. The van der Waals surface area contributed by atoms with E-state index in [-0.39, 0.29) is 0 Å². The van der Waals surface area contributed by atoms with Crippen LogP contribution in [0.15, 0.2) is 47.6 Å². The molecule has 19 heavy (non-hydrogen) atoms. The van der Waals surface area contributed by atoms with Gasteiger partial charge in [-0.15, -0.1) is 0 Å². The van der Waals surface area contributed by atoms with Gasteiger partial charge >= 0.3 is 0 Å². The molecule has 5 aliphatic rings. The molecule has 0 amide bonds. The Bertz CT molecular complexity index is 570. The number of hydrogen-bond donors (Lipinski definition) is 1. The Kier molecular flexibility index (Phi) is 1.77. The van der Waals surface area contributed by atoms with Crippen LogP contribution in [0.4, 0.5) is 0 Å². The molecule has 1 heteroatoms. The summed E-state index contributed by atoms with van der Waals surface area (Å²) in [5, 5.41) is 4.14. The van der Waals surface area contributed by atoms with Crippen LogP contribution in [0.2, 0.25) is 0 Å². The molecule has 0 aromatic carbocycles. The zero-order valence-electron chi connectivity index (χ0n) is 11.4. The minimum atomic E-state index is 0.445. The van der Waals surface area contributed by atoms with Crippen molar-refractivity contribution in [2.24, 2.45) is 5.41 Å². The summed E-state index contributed by atoms with van der Waals surface area (Å²) in [7, 11) is 0. The molecule has 1 saturated heterocycles. The number of allylic oxidation sites excluding steroid dienone is 6. The lowest BCUT2D eigenvalue weighted by atomic mass is 9.71. The summed E-state index contributed by atoms with van der Waals surface area (Å²) < 4.78 is 0. The zero-order chi connectivity index (χ0) is 12.6. The third kappa shape index (κ3) is 1.16. The van der Waals surface area contributed by atoms with Crippen LogP contribution in [0.25, 0.3) is 0 Å². The smallest absolute Gasteiger partial charge is 0.0293 e. The van der Waals surface area contributed by atoms with Crippen molar-refractivity contribution < 1.29 is 0 Å². The highest BCUT2D eigenvalue weighted by molar-refractivity contribution is 5.56. The van der Waals surface area contributed by atoms with E-state index in [0.717, 1.165) is 0 Å². The fourth-order valence-corrected chi connectivity index (χ4v) is 5.18. The Labute approximate surface area is 115 Å². The topological polar surface area (TPSA) is 12.0 Å². The van der Waals surface area contributed by atoms with E-state index >= 15 is 0 Å². The van der Waals surface area contributed by atoms with Crippen LogP contribution >= 0.6 is 0 Å². The summed E-state index contributed by atoms with van der Waals surface area (Å²) in [6.45, 7) is 0. The van der Waals surface area contributed by atoms with E-state index in [1.807, 2.05) is 0 Å². The minimum Gasteiger partial charge on any atom is -0.304 e. The van der Waals surface area contributed by atoms with Gasteiger partial charge in [0.1, 0.15) is 0 Å². The Balaban J connectivity index is 1.66. The van der Waals surface area contributed by atoms with E-state index in [1.165, 1.54) is 44.9 Å². The number of fused-ring (bicyclic) bond motifs is 1. The number of hydrogen-bond acceptors (Lipinski definition) is 1. The van der Waals surface area contributed by atoms with Crippen LogP contribution in [-0.2, 0) is 0 Å². The average Bonchev–Trinajstić information content (AvgIpc) is 2.77. The van der Waals surface area contributed by atoms with Gasteiger partial charge in [0, 0.05) is 16.5 Å². The largest absolute Gasteiger partial charge is 0.304 e. The lowest BCUT2D eigenvalue weighted by Crippen LogP contribution is -2.58. The molecular weight excluding hydrogens is 230 g/mol. The van der Waals surface area contributed by atoms with Gasteiger partial charge in [0.05, 0.1) is 0 Å². The second kappa shape index (κ2) is 3.15. The van der Waals surface area contributed by atoms with Crippen molar-refractivity contribution in [3.05, 3.63) is 47.6 Å². The molecule has 1 nitrogen and oxygen atoms in total. The molecular formula is C18H21N. The van der Waals surface area contributed by atoms with Crippen molar-refractivity contribution in [3.8, 4) is 0 Å². The summed E-state index contributed by atoms with van der Waals surface area (Å²) in [5.74, 6) is 0. The number of rotatable bonds is 0. The van der Waals surface area contributed by atoms with Gasteiger partial charge in [-0.25, -0.2) is 0 Å². The molecule has 2 unspecified atom stereocenters. The first-order valence-corrected chi connectivity index (χ1v) is 7.82. The van der Waals surface area contributed by atoms with Gasteiger partial charge in [0.15, 0.2) is 0 Å². The predicted molar refractivity (Wildman–Crippen MR) is 77.8 cm³/mol. The minimum absolute atomic E-state index is 0.445. The molecule has 0 aromatic heterocycles. The second-order valence-corrected chi connectivity index (χ2v) is 7.32. The van der Waals surface area contributed by atoms with Gasteiger partial charge in [-0.1, -0.05) is 36.5 Å². The molecule has 4 aliphatic carbocycles. The molecule has 5 rings (SSSR count). The molecule has 0 bridgehead atoms. The zero-order valence-corrected chi connectivity index (χ0v) is 11.4. The lowest BCUT2D eigenvalue weighted by molar-refractivity contribution is 0.120. The Morgan fingerprint density at radius 2 is 1.74 bits per heavy atom. The molecule has 2 atom stereocenters. The molecule has 0 radical (unpaired) electrons. The van der Waals surface area contributed by atoms with E-state index < -0.39 is 0 Å². The molecule has 1 aliphatic heterocycles. The van der Waals surface area contributed by atoms with Crippen molar-refractivity contribution in [2.75, 3.05) is 0 Å². The Morgan fingerprint density at radius 1 is 0.895 bits per heavy atom. The van der Waals surface area contributed by atoms with Gasteiger partial charge in [-0.3, -0.25) is 0 Å². The van der Waals surface area contributed by atoms with Crippen LogP contribution in [0.3, 0.4) is 0 Å². The molecule has 4 fully saturated rings. The van der Waals surface area contributed by atoms with E-state index in [9.17, 15) is 0 Å². The van der Waals surface area contributed by atoms with Gasteiger partial charge < -0.3 is 5.32 Å². The summed E-state index contributed by atoms with van der Waals surface area (Å²) >= 11 is 0. The van der Waals surface area contributed by atoms with Crippen LogP contribution < -0.4 is 5.32 Å². The van der Waals surface area contributed by atoms with Crippen molar-refractivity contribution in [1.29, 1.82) is 0 Å².